The van der Waals surface area contributed by atoms with Crippen molar-refractivity contribution in [3.8, 4) is 0 Å². The van der Waals surface area contributed by atoms with Gasteiger partial charge in [-0.2, -0.15) is 0 Å². The summed E-state index contributed by atoms with van der Waals surface area (Å²) in [5.41, 5.74) is 1.31. The van der Waals surface area contributed by atoms with Crippen molar-refractivity contribution >= 4 is 34.0 Å². The van der Waals surface area contributed by atoms with Gasteiger partial charge in [-0.15, -0.1) is 11.3 Å². The van der Waals surface area contributed by atoms with Crippen molar-refractivity contribution in [3.05, 3.63) is 40.2 Å². The highest BCUT2D eigenvalue weighted by atomic mass is 32.1. The Morgan fingerprint density at radius 3 is 2.88 bits per heavy atom. The summed E-state index contributed by atoms with van der Waals surface area (Å²) in [6, 6.07) is 3.92. The molecule has 0 aliphatic heterocycles. The van der Waals surface area contributed by atoms with Crippen LogP contribution in [0, 0.1) is 11.7 Å². The third-order valence-electron chi connectivity index (χ3n) is 4.49. The standard InChI is InChI=1S/C19H22FN3O2S/c1-3-4-12-5-8-16-17(9-12)26-19(22-16)23-18(25)14-10-13(21-11(2)24)6-7-15(14)20/h6-7,10,12H,3-5,8-9H2,1-2H3,(H,21,24)(H,22,23,25). The molecule has 138 valence electrons. The second-order valence-electron chi connectivity index (χ2n) is 6.62. The van der Waals surface area contributed by atoms with Crippen LogP contribution < -0.4 is 10.6 Å². The first kappa shape index (κ1) is 18.5. The first-order chi connectivity index (χ1) is 12.5. The van der Waals surface area contributed by atoms with E-state index in [1.807, 2.05) is 0 Å². The average molecular weight is 375 g/mol. The van der Waals surface area contributed by atoms with E-state index >= 15 is 0 Å². The van der Waals surface area contributed by atoms with Gasteiger partial charge < -0.3 is 5.32 Å². The van der Waals surface area contributed by atoms with E-state index in [0.29, 0.717) is 16.7 Å². The monoisotopic (exact) mass is 375 g/mol. The van der Waals surface area contributed by atoms with Crippen LogP contribution in [0.4, 0.5) is 15.2 Å². The molecule has 0 saturated heterocycles. The van der Waals surface area contributed by atoms with Crippen LogP contribution in [0.2, 0.25) is 0 Å². The molecule has 1 aromatic carbocycles. The summed E-state index contributed by atoms with van der Waals surface area (Å²) in [5, 5.41) is 5.75. The van der Waals surface area contributed by atoms with Gasteiger partial charge in [0.25, 0.3) is 5.91 Å². The molecule has 1 aromatic heterocycles. The number of hydrogen-bond donors (Lipinski definition) is 2. The lowest BCUT2D eigenvalue weighted by atomic mass is 9.88. The number of carbonyl (C=O) groups is 2. The molecule has 26 heavy (non-hydrogen) atoms. The number of aromatic nitrogens is 1. The van der Waals surface area contributed by atoms with Crippen molar-refractivity contribution in [2.75, 3.05) is 10.6 Å². The first-order valence-corrected chi connectivity index (χ1v) is 9.65. The van der Waals surface area contributed by atoms with Crippen LogP contribution in [0.15, 0.2) is 18.2 Å². The molecule has 5 nitrogen and oxygen atoms in total. The predicted molar refractivity (Wildman–Crippen MR) is 101 cm³/mol. The number of halogens is 1. The Bertz CT molecular complexity index is 834. The largest absolute Gasteiger partial charge is 0.326 e. The number of nitrogens with zero attached hydrogens (tertiary/aromatic N) is 1. The van der Waals surface area contributed by atoms with Crippen molar-refractivity contribution in [3.63, 3.8) is 0 Å². The van der Waals surface area contributed by atoms with Crippen molar-refractivity contribution in [2.24, 2.45) is 5.92 Å². The van der Waals surface area contributed by atoms with E-state index in [-0.39, 0.29) is 11.5 Å². The third kappa shape index (κ3) is 4.27. The summed E-state index contributed by atoms with van der Waals surface area (Å²) in [7, 11) is 0. The van der Waals surface area contributed by atoms with Gasteiger partial charge >= 0.3 is 0 Å². The molecule has 0 fully saturated rings. The second kappa shape index (κ2) is 7.95. The van der Waals surface area contributed by atoms with E-state index in [4.69, 9.17) is 0 Å². The maximum atomic E-state index is 14.0. The van der Waals surface area contributed by atoms with E-state index in [0.717, 1.165) is 25.0 Å². The number of aryl methyl sites for hydroxylation is 1. The lowest BCUT2D eigenvalue weighted by Crippen LogP contribution is -2.15. The number of carbonyl (C=O) groups excluding carboxylic acids is 2. The van der Waals surface area contributed by atoms with Gasteiger partial charge in [-0.3, -0.25) is 14.9 Å². The maximum absolute atomic E-state index is 14.0. The number of rotatable bonds is 5. The molecule has 1 atom stereocenters. The maximum Gasteiger partial charge on any atom is 0.260 e. The minimum Gasteiger partial charge on any atom is -0.326 e. The topological polar surface area (TPSA) is 71.1 Å². The summed E-state index contributed by atoms with van der Waals surface area (Å²) in [6.07, 6.45) is 5.44. The van der Waals surface area contributed by atoms with Crippen LogP contribution in [0.1, 0.15) is 54.0 Å². The Morgan fingerprint density at radius 1 is 1.35 bits per heavy atom. The average Bonchev–Trinajstić information content (AvgIpc) is 2.97. The van der Waals surface area contributed by atoms with Crippen LogP contribution in [-0.4, -0.2) is 16.8 Å². The Labute approximate surface area is 156 Å². The van der Waals surface area contributed by atoms with E-state index in [1.54, 1.807) is 0 Å². The van der Waals surface area contributed by atoms with Crippen molar-refractivity contribution in [2.45, 2.75) is 46.0 Å². The fourth-order valence-corrected chi connectivity index (χ4v) is 4.41. The fourth-order valence-electron chi connectivity index (χ4n) is 3.30. The number of thiazole rings is 1. The molecule has 2 amide bonds. The van der Waals surface area contributed by atoms with Gasteiger partial charge in [0.2, 0.25) is 5.91 Å². The summed E-state index contributed by atoms with van der Waals surface area (Å²) in [5.74, 6) is -0.799. The number of benzene rings is 1. The van der Waals surface area contributed by atoms with Crippen molar-refractivity contribution in [1.82, 2.24) is 4.98 Å². The molecule has 1 aliphatic carbocycles. The zero-order valence-electron chi connectivity index (χ0n) is 14.9. The number of amides is 2. The number of nitrogens with one attached hydrogen (secondary N) is 2. The van der Waals surface area contributed by atoms with E-state index in [2.05, 4.69) is 22.5 Å². The van der Waals surface area contributed by atoms with Crippen molar-refractivity contribution in [1.29, 1.82) is 0 Å². The van der Waals surface area contributed by atoms with Gasteiger partial charge in [0, 0.05) is 17.5 Å². The van der Waals surface area contributed by atoms with Crippen LogP contribution in [0.3, 0.4) is 0 Å². The van der Waals surface area contributed by atoms with Crippen LogP contribution in [-0.2, 0) is 17.6 Å². The zero-order valence-corrected chi connectivity index (χ0v) is 15.7. The summed E-state index contributed by atoms with van der Waals surface area (Å²) >= 11 is 1.47. The van der Waals surface area contributed by atoms with Crippen molar-refractivity contribution < 1.29 is 14.0 Å². The highest BCUT2D eigenvalue weighted by Gasteiger charge is 2.23. The molecule has 1 aliphatic rings. The van der Waals surface area contributed by atoms with Gasteiger partial charge in [-0.1, -0.05) is 19.8 Å². The summed E-state index contributed by atoms with van der Waals surface area (Å²) < 4.78 is 14.0. The number of hydrogen-bond acceptors (Lipinski definition) is 4. The molecule has 2 N–H and O–H groups in total. The SMILES string of the molecule is CCCC1CCc2nc(NC(=O)c3cc(NC(C)=O)ccc3F)sc2C1. The minimum absolute atomic E-state index is 0.117. The van der Waals surface area contributed by atoms with E-state index < -0.39 is 11.7 Å². The molecule has 0 saturated carbocycles. The first-order valence-electron chi connectivity index (χ1n) is 8.83. The predicted octanol–water partition coefficient (Wildman–Crippen LogP) is 4.40. The van der Waals surface area contributed by atoms with Gasteiger partial charge in [0.1, 0.15) is 5.82 Å². The van der Waals surface area contributed by atoms with Gasteiger partial charge in [0.05, 0.1) is 11.3 Å². The molecular weight excluding hydrogens is 353 g/mol. The molecule has 0 spiro atoms. The third-order valence-corrected chi connectivity index (χ3v) is 5.53. The molecule has 1 unspecified atom stereocenters. The van der Waals surface area contributed by atoms with Gasteiger partial charge in [-0.05, 0) is 43.4 Å². The van der Waals surface area contributed by atoms with E-state index in [1.165, 1.54) is 54.2 Å². The summed E-state index contributed by atoms with van der Waals surface area (Å²) in [6.45, 7) is 3.55. The molecular formula is C19H22FN3O2S. The molecule has 0 bridgehead atoms. The summed E-state index contributed by atoms with van der Waals surface area (Å²) in [4.78, 5) is 29.3. The molecule has 3 rings (SSSR count). The Kier molecular flexibility index (Phi) is 5.66. The number of fused-ring (bicyclic) bond motifs is 1. The molecule has 7 heteroatoms. The Morgan fingerprint density at radius 2 is 2.15 bits per heavy atom. The lowest BCUT2D eigenvalue weighted by molar-refractivity contribution is -0.114. The highest BCUT2D eigenvalue weighted by Crippen LogP contribution is 2.34. The van der Waals surface area contributed by atoms with Crippen LogP contribution in [0.5, 0.6) is 0 Å². The smallest absolute Gasteiger partial charge is 0.260 e. The highest BCUT2D eigenvalue weighted by molar-refractivity contribution is 7.15. The Hall–Kier alpha value is -2.28. The van der Waals surface area contributed by atoms with Gasteiger partial charge in [-0.25, -0.2) is 9.37 Å². The zero-order chi connectivity index (χ0) is 18.7. The molecule has 1 heterocycles. The Balaban J connectivity index is 1.74. The normalized spacial score (nSPS) is 16.0. The quantitative estimate of drug-likeness (QED) is 0.814. The second-order valence-corrected chi connectivity index (χ2v) is 7.70. The van der Waals surface area contributed by atoms with E-state index in [9.17, 15) is 14.0 Å². The minimum atomic E-state index is -0.638. The lowest BCUT2D eigenvalue weighted by Gasteiger charge is -2.19. The van der Waals surface area contributed by atoms with Gasteiger partial charge in [0.15, 0.2) is 5.13 Å². The van der Waals surface area contributed by atoms with Crippen LogP contribution >= 0.6 is 11.3 Å². The molecule has 2 aromatic rings. The fraction of sp³-hybridized carbons (Fsp3) is 0.421. The van der Waals surface area contributed by atoms with Crippen LogP contribution in [0.25, 0.3) is 0 Å². The number of anilines is 2. The molecule has 0 radical (unpaired) electrons.